The smallest absolute Gasteiger partial charge is 0.269 e. The predicted molar refractivity (Wildman–Crippen MR) is 98.5 cm³/mol. The molecule has 2 aromatic carbocycles. The summed E-state index contributed by atoms with van der Waals surface area (Å²) in [6.45, 7) is 2.08. The lowest BCUT2D eigenvalue weighted by molar-refractivity contribution is -0.384. The van der Waals surface area contributed by atoms with Crippen molar-refractivity contribution in [2.75, 3.05) is 11.9 Å². The second-order valence-corrected chi connectivity index (χ2v) is 5.98. The van der Waals surface area contributed by atoms with Gasteiger partial charge in [-0.25, -0.2) is 0 Å². The van der Waals surface area contributed by atoms with Crippen LogP contribution in [0.3, 0.4) is 0 Å². The maximum atomic E-state index is 10.6. The van der Waals surface area contributed by atoms with E-state index < -0.39 is 11.0 Å². The monoisotopic (exact) mass is 365 g/mol. The van der Waals surface area contributed by atoms with Gasteiger partial charge in [-0.2, -0.15) is 0 Å². The van der Waals surface area contributed by atoms with Crippen molar-refractivity contribution in [3.63, 3.8) is 0 Å². The molecule has 3 N–H and O–H groups in total. The van der Waals surface area contributed by atoms with Crippen LogP contribution in [0.1, 0.15) is 17.2 Å². The molecule has 0 saturated carbocycles. The van der Waals surface area contributed by atoms with E-state index in [2.05, 4.69) is 10.6 Å². The Morgan fingerprint density at radius 2 is 2.00 bits per heavy atom. The maximum absolute atomic E-state index is 10.6. The van der Waals surface area contributed by atoms with Gasteiger partial charge in [-0.1, -0.05) is 17.7 Å². The summed E-state index contributed by atoms with van der Waals surface area (Å²) in [4.78, 5) is 10.1. The lowest BCUT2D eigenvalue weighted by atomic mass is 10.1. The van der Waals surface area contributed by atoms with Gasteiger partial charge in [0, 0.05) is 29.4 Å². The van der Waals surface area contributed by atoms with Crippen LogP contribution in [0, 0.1) is 17.0 Å². The summed E-state index contributed by atoms with van der Waals surface area (Å²) in [7, 11) is 0. The summed E-state index contributed by atoms with van der Waals surface area (Å²) < 4.78 is 0. The number of hydrogen-bond donors (Lipinski definition) is 3. The first-order valence-electron chi connectivity index (χ1n) is 7.10. The molecule has 0 spiro atoms. The Morgan fingerprint density at radius 3 is 2.58 bits per heavy atom. The Bertz CT molecular complexity index is 753. The van der Waals surface area contributed by atoms with Crippen LogP contribution in [0.15, 0.2) is 42.5 Å². The van der Waals surface area contributed by atoms with Gasteiger partial charge in [-0.15, -0.1) is 0 Å². The molecular weight excluding hydrogens is 350 g/mol. The normalized spacial score (nSPS) is 11.6. The third-order valence-electron chi connectivity index (χ3n) is 3.37. The molecule has 2 rings (SSSR count). The van der Waals surface area contributed by atoms with Gasteiger partial charge in [0.1, 0.15) is 0 Å². The number of aryl methyl sites for hydroxylation is 1. The molecule has 24 heavy (non-hydrogen) atoms. The predicted octanol–water partition coefficient (Wildman–Crippen LogP) is 3.58. The van der Waals surface area contributed by atoms with Crippen LogP contribution in [0.5, 0.6) is 0 Å². The SMILES string of the molecule is Cc1ccc(NC(=S)NC[C@H](O)c2ccc([N+](=O)[O-])cc2)cc1Cl. The van der Waals surface area contributed by atoms with Crippen LogP contribution in [-0.2, 0) is 0 Å². The molecule has 0 aliphatic carbocycles. The van der Waals surface area contributed by atoms with E-state index in [9.17, 15) is 15.2 Å². The number of nitro benzene ring substituents is 1. The molecule has 0 bridgehead atoms. The number of nitrogens with zero attached hydrogens (tertiary/aromatic N) is 1. The minimum Gasteiger partial charge on any atom is -0.387 e. The van der Waals surface area contributed by atoms with Gasteiger partial charge >= 0.3 is 0 Å². The Morgan fingerprint density at radius 1 is 1.33 bits per heavy atom. The summed E-state index contributed by atoms with van der Waals surface area (Å²) in [5, 5.41) is 27.6. The molecule has 1 atom stereocenters. The fraction of sp³-hybridized carbons (Fsp3) is 0.188. The number of thiocarbonyl (C=S) groups is 1. The molecule has 0 aliphatic rings. The molecule has 0 saturated heterocycles. The van der Waals surface area contributed by atoms with Crippen molar-refractivity contribution in [1.29, 1.82) is 0 Å². The van der Waals surface area contributed by atoms with Gasteiger partial charge in [0.25, 0.3) is 5.69 Å². The second kappa shape index (κ2) is 8.05. The first kappa shape index (κ1) is 18.1. The third kappa shape index (κ3) is 4.89. The summed E-state index contributed by atoms with van der Waals surface area (Å²) >= 11 is 11.2. The Labute approximate surface area is 149 Å². The largest absolute Gasteiger partial charge is 0.387 e. The van der Waals surface area contributed by atoms with E-state index in [4.69, 9.17) is 23.8 Å². The molecule has 0 aliphatic heterocycles. The van der Waals surface area contributed by atoms with Crippen LogP contribution in [0.2, 0.25) is 5.02 Å². The molecule has 0 aromatic heterocycles. The van der Waals surface area contributed by atoms with E-state index in [0.29, 0.717) is 15.7 Å². The van der Waals surface area contributed by atoms with E-state index in [-0.39, 0.29) is 12.2 Å². The Balaban J connectivity index is 1.88. The van der Waals surface area contributed by atoms with E-state index in [1.165, 1.54) is 24.3 Å². The average molecular weight is 366 g/mol. The average Bonchev–Trinajstić information content (AvgIpc) is 2.56. The fourth-order valence-corrected chi connectivity index (χ4v) is 2.35. The van der Waals surface area contributed by atoms with Crippen molar-refractivity contribution in [3.05, 3.63) is 68.7 Å². The molecule has 0 heterocycles. The maximum Gasteiger partial charge on any atom is 0.269 e. The lowest BCUT2D eigenvalue weighted by Crippen LogP contribution is -2.32. The van der Waals surface area contributed by atoms with Gasteiger partial charge < -0.3 is 15.7 Å². The van der Waals surface area contributed by atoms with Crippen molar-refractivity contribution < 1.29 is 10.0 Å². The van der Waals surface area contributed by atoms with Gasteiger partial charge in [0.05, 0.1) is 11.0 Å². The van der Waals surface area contributed by atoms with E-state index in [1.807, 2.05) is 19.1 Å². The highest BCUT2D eigenvalue weighted by atomic mass is 35.5. The molecule has 6 nitrogen and oxygen atoms in total. The first-order chi connectivity index (χ1) is 11.4. The van der Waals surface area contributed by atoms with Crippen molar-refractivity contribution in [1.82, 2.24) is 5.32 Å². The zero-order valence-electron chi connectivity index (χ0n) is 12.8. The van der Waals surface area contributed by atoms with Crippen molar-refractivity contribution in [2.45, 2.75) is 13.0 Å². The molecule has 0 unspecified atom stereocenters. The number of non-ortho nitro benzene ring substituents is 1. The van der Waals surface area contributed by atoms with Crippen molar-refractivity contribution >= 4 is 40.3 Å². The lowest BCUT2D eigenvalue weighted by Gasteiger charge is -2.15. The first-order valence-corrected chi connectivity index (χ1v) is 7.89. The number of aliphatic hydroxyl groups excluding tert-OH is 1. The standard InChI is InChI=1S/C16H16ClN3O3S/c1-10-2-5-12(8-14(10)17)19-16(24)18-9-15(21)11-3-6-13(7-4-11)20(22)23/h2-8,15,21H,9H2,1H3,(H2,18,19,24)/t15-/m0/s1. The summed E-state index contributed by atoms with van der Waals surface area (Å²) in [6, 6.07) is 11.2. The summed E-state index contributed by atoms with van der Waals surface area (Å²) in [5.41, 5.74) is 2.25. The summed E-state index contributed by atoms with van der Waals surface area (Å²) in [5.74, 6) is 0. The number of halogens is 1. The van der Waals surface area contributed by atoms with Crippen molar-refractivity contribution in [3.8, 4) is 0 Å². The highest BCUT2D eigenvalue weighted by molar-refractivity contribution is 7.80. The highest BCUT2D eigenvalue weighted by Crippen LogP contribution is 2.20. The van der Waals surface area contributed by atoms with Crippen LogP contribution in [0.25, 0.3) is 0 Å². The number of nitrogens with one attached hydrogen (secondary N) is 2. The molecule has 2 aromatic rings. The number of benzene rings is 2. The van der Waals surface area contributed by atoms with Crippen LogP contribution >= 0.6 is 23.8 Å². The van der Waals surface area contributed by atoms with Crippen molar-refractivity contribution in [2.24, 2.45) is 0 Å². The molecule has 0 amide bonds. The Kier molecular flexibility index (Phi) is 6.08. The number of hydrogen-bond acceptors (Lipinski definition) is 4. The van der Waals surface area contributed by atoms with Crippen LogP contribution in [-0.4, -0.2) is 21.7 Å². The van der Waals surface area contributed by atoms with Gasteiger partial charge in [-0.05, 0) is 54.5 Å². The minimum absolute atomic E-state index is 0.0210. The topological polar surface area (TPSA) is 87.4 Å². The zero-order chi connectivity index (χ0) is 17.7. The number of aliphatic hydroxyl groups is 1. The van der Waals surface area contributed by atoms with E-state index in [1.54, 1.807) is 6.07 Å². The third-order valence-corrected chi connectivity index (χ3v) is 4.03. The van der Waals surface area contributed by atoms with E-state index >= 15 is 0 Å². The quantitative estimate of drug-likeness (QED) is 0.426. The van der Waals surface area contributed by atoms with Crippen LogP contribution < -0.4 is 10.6 Å². The highest BCUT2D eigenvalue weighted by Gasteiger charge is 2.11. The Hall–Kier alpha value is -2.22. The number of anilines is 1. The number of rotatable bonds is 5. The van der Waals surface area contributed by atoms with Gasteiger partial charge in [-0.3, -0.25) is 10.1 Å². The molecule has 126 valence electrons. The molecule has 8 heteroatoms. The van der Waals surface area contributed by atoms with Crippen LogP contribution in [0.4, 0.5) is 11.4 Å². The number of nitro groups is 1. The van der Waals surface area contributed by atoms with Gasteiger partial charge in [0.15, 0.2) is 5.11 Å². The van der Waals surface area contributed by atoms with E-state index in [0.717, 1.165) is 11.3 Å². The summed E-state index contributed by atoms with van der Waals surface area (Å²) in [6.07, 6.45) is -0.841. The molecular formula is C16H16ClN3O3S. The van der Waals surface area contributed by atoms with Gasteiger partial charge in [0.2, 0.25) is 0 Å². The zero-order valence-corrected chi connectivity index (χ0v) is 14.4. The molecule has 0 radical (unpaired) electrons. The molecule has 0 fully saturated rings. The fourth-order valence-electron chi connectivity index (χ4n) is 1.97. The minimum atomic E-state index is -0.841. The second-order valence-electron chi connectivity index (χ2n) is 5.16.